The Morgan fingerprint density at radius 3 is 2.38 bits per heavy atom. The second kappa shape index (κ2) is 2.73. The third kappa shape index (κ3) is 1.27. The van der Waals surface area contributed by atoms with Gasteiger partial charge in [-0.3, -0.25) is 4.79 Å². The SMILES string of the molecule is CC(C)C1(C)CC(N2CCC2=O)C1. The molecule has 13 heavy (non-hydrogen) atoms. The van der Waals surface area contributed by atoms with Gasteiger partial charge in [-0.25, -0.2) is 0 Å². The van der Waals surface area contributed by atoms with E-state index in [1.165, 1.54) is 12.8 Å². The Bertz CT molecular complexity index is 228. The van der Waals surface area contributed by atoms with Gasteiger partial charge in [0.2, 0.25) is 5.91 Å². The molecular formula is C11H19NO. The number of carbonyl (C=O) groups excluding carboxylic acids is 1. The molecule has 1 saturated carbocycles. The lowest BCUT2D eigenvalue weighted by Crippen LogP contribution is -2.58. The number of nitrogens with zero attached hydrogens (tertiary/aromatic N) is 1. The number of likely N-dealkylation sites (tertiary alicyclic amines) is 1. The van der Waals surface area contributed by atoms with Crippen LogP contribution in [0.1, 0.15) is 40.0 Å². The highest BCUT2D eigenvalue weighted by atomic mass is 16.2. The number of carbonyl (C=O) groups is 1. The summed E-state index contributed by atoms with van der Waals surface area (Å²) >= 11 is 0. The number of rotatable bonds is 2. The minimum absolute atomic E-state index is 0.371. The van der Waals surface area contributed by atoms with Gasteiger partial charge < -0.3 is 4.90 Å². The van der Waals surface area contributed by atoms with Crippen LogP contribution in [-0.4, -0.2) is 23.4 Å². The summed E-state index contributed by atoms with van der Waals surface area (Å²) in [7, 11) is 0. The van der Waals surface area contributed by atoms with Crippen molar-refractivity contribution in [3.8, 4) is 0 Å². The maximum absolute atomic E-state index is 11.2. The maximum Gasteiger partial charge on any atom is 0.224 e. The summed E-state index contributed by atoms with van der Waals surface area (Å²) in [5.41, 5.74) is 0.501. The van der Waals surface area contributed by atoms with E-state index in [9.17, 15) is 4.79 Å². The van der Waals surface area contributed by atoms with Gasteiger partial charge in [0.05, 0.1) is 0 Å². The third-order valence-corrected chi connectivity index (χ3v) is 4.13. The molecule has 0 atom stereocenters. The van der Waals surface area contributed by atoms with Crippen LogP contribution in [0, 0.1) is 11.3 Å². The molecule has 2 nitrogen and oxygen atoms in total. The predicted octanol–water partition coefficient (Wildman–Crippen LogP) is 2.04. The fourth-order valence-electron chi connectivity index (χ4n) is 2.43. The van der Waals surface area contributed by atoms with Gasteiger partial charge in [-0.1, -0.05) is 20.8 Å². The normalized spacial score (nSPS) is 38.9. The Morgan fingerprint density at radius 2 is 2.08 bits per heavy atom. The monoisotopic (exact) mass is 181 g/mol. The van der Waals surface area contributed by atoms with Gasteiger partial charge in [-0.05, 0) is 24.2 Å². The molecule has 1 heterocycles. The second-order valence-electron chi connectivity index (χ2n) is 5.21. The van der Waals surface area contributed by atoms with E-state index < -0.39 is 0 Å². The van der Waals surface area contributed by atoms with Gasteiger partial charge in [0.15, 0.2) is 0 Å². The maximum atomic E-state index is 11.2. The standard InChI is InChI=1S/C11H19NO/c1-8(2)11(3)6-9(7-11)12-5-4-10(12)13/h8-9H,4-7H2,1-3H3. The van der Waals surface area contributed by atoms with Crippen molar-refractivity contribution in [1.29, 1.82) is 0 Å². The first-order valence-corrected chi connectivity index (χ1v) is 5.32. The van der Waals surface area contributed by atoms with Crippen LogP contribution in [0.4, 0.5) is 0 Å². The lowest BCUT2D eigenvalue weighted by Gasteiger charge is -2.54. The predicted molar refractivity (Wildman–Crippen MR) is 52.3 cm³/mol. The van der Waals surface area contributed by atoms with Crippen LogP contribution in [0.15, 0.2) is 0 Å². The fourth-order valence-corrected chi connectivity index (χ4v) is 2.43. The molecule has 2 heteroatoms. The highest BCUT2D eigenvalue weighted by Crippen LogP contribution is 2.49. The number of β-lactam (4-membered cyclic amide) rings is 1. The van der Waals surface area contributed by atoms with Crippen molar-refractivity contribution in [1.82, 2.24) is 4.90 Å². The third-order valence-electron chi connectivity index (χ3n) is 4.13. The van der Waals surface area contributed by atoms with Gasteiger partial charge in [-0.2, -0.15) is 0 Å². The Labute approximate surface area is 80.3 Å². The van der Waals surface area contributed by atoms with E-state index in [1.54, 1.807) is 0 Å². The Hall–Kier alpha value is -0.530. The molecule has 1 aliphatic heterocycles. The summed E-state index contributed by atoms with van der Waals surface area (Å²) in [5.74, 6) is 1.12. The largest absolute Gasteiger partial charge is 0.339 e. The molecule has 2 aliphatic rings. The van der Waals surface area contributed by atoms with Crippen molar-refractivity contribution >= 4 is 5.91 Å². The number of hydrogen-bond acceptors (Lipinski definition) is 1. The topological polar surface area (TPSA) is 20.3 Å². The van der Waals surface area contributed by atoms with Gasteiger partial charge in [0.25, 0.3) is 0 Å². The summed E-state index contributed by atoms with van der Waals surface area (Å²) in [6, 6.07) is 0.577. The van der Waals surface area contributed by atoms with E-state index in [-0.39, 0.29) is 0 Å². The zero-order valence-electron chi connectivity index (χ0n) is 8.84. The van der Waals surface area contributed by atoms with E-state index in [2.05, 4.69) is 25.7 Å². The molecule has 1 aliphatic carbocycles. The Morgan fingerprint density at radius 1 is 1.46 bits per heavy atom. The molecule has 2 fully saturated rings. The zero-order chi connectivity index (χ0) is 9.64. The summed E-state index contributed by atoms with van der Waals surface area (Å²) < 4.78 is 0. The second-order valence-corrected chi connectivity index (χ2v) is 5.21. The zero-order valence-corrected chi connectivity index (χ0v) is 8.84. The minimum Gasteiger partial charge on any atom is -0.339 e. The molecule has 0 aromatic carbocycles. The quantitative estimate of drug-likeness (QED) is 0.597. The fraction of sp³-hybridized carbons (Fsp3) is 0.909. The van der Waals surface area contributed by atoms with Crippen molar-refractivity contribution in [3.63, 3.8) is 0 Å². The first kappa shape index (κ1) is 9.04. The van der Waals surface area contributed by atoms with E-state index in [4.69, 9.17) is 0 Å². The molecule has 0 aromatic rings. The van der Waals surface area contributed by atoms with Crippen molar-refractivity contribution in [2.24, 2.45) is 11.3 Å². The van der Waals surface area contributed by atoms with Crippen LogP contribution in [0.3, 0.4) is 0 Å². The van der Waals surface area contributed by atoms with Crippen LogP contribution in [0.25, 0.3) is 0 Å². The Kier molecular flexibility index (Phi) is 1.90. The molecule has 0 unspecified atom stereocenters. The highest BCUT2D eigenvalue weighted by molar-refractivity contribution is 5.82. The smallest absolute Gasteiger partial charge is 0.224 e. The van der Waals surface area contributed by atoms with Gasteiger partial charge in [-0.15, -0.1) is 0 Å². The van der Waals surface area contributed by atoms with Gasteiger partial charge >= 0.3 is 0 Å². The first-order valence-electron chi connectivity index (χ1n) is 5.32. The highest BCUT2D eigenvalue weighted by Gasteiger charge is 2.47. The molecular weight excluding hydrogens is 162 g/mol. The summed E-state index contributed by atoms with van der Waals surface area (Å²) in [6.07, 6.45) is 3.22. The van der Waals surface area contributed by atoms with Crippen molar-refractivity contribution < 1.29 is 4.79 Å². The molecule has 0 spiro atoms. The lowest BCUT2D eigenvalue weighted by atomic mass is 9.60. The molecule has 1 amide bonds. The van der Waals surface area contributed by atoms with Crippen molar-refractivity contribution in [3.05, 3.63) is 0 Å². The van der Waals surface area contributed by atoms with Crippen molar-refractivity contribution in [2.75, 3.05) is 6.54 Å². The average molecular weight is 181 g/mol. The average Bonchev–Trinajstić information content (AvgIpc) is 1.98. The van der Waals surface area contributed by atoms with E-state index in [1.807, 2.05) is 0 Å². The Balaban J connectivity index is 1.87. The van der Waals surface area contributed by atoms with E-state index >= 15 is 0 Å². The molecule has 0 aromatic heterocycles. The van der Waals surface area contributed by atoms with Crippen molar-refractivity contribution in [2.45, 2.75) is 46.1 Å². The van der Waals surface area contributed by atoms with Crippen LogP contribution >= 0.6 is 0 Å². The molecule has 1 saturated heterocycles. The molecule has 2 rings (SSSR count). The summed E-state index contributed by atoms with van der Waals surface area (Å²) in [4.78, 5) is 13.2. The van der Waals surface area contributed by atoms with Crippen LogP contribution in [0.2, 0.25) is 0 Å². The molecule has 0 radical (unpaired) electrons. The molecule has 74 valence electrons. The van der Waals surface area contributed by atoms with Gasteiger partial charge in [0.1, 0.15) is 0 Å². The van der Waals surface area contributed by atoms with Gasteiger partial charge in [0, 0.05) is 19.0 Å². The van der Waals surface area contributed by atoms with Crippen LogP contribution < -0.4 is 0 Å². The van der Waals surface area contributed by atoms with E-state index in [0.717, 1.165) is 18.9 Å². The number of amides is 1. The molecule has 0 bridgehead atoms. The first-order chi connectivity index (χ1) is 6.03. The number of hydrogen-bond donors (Lipinski definition) is 0. The minimum atomic E-state index is 0.371. The van der Waals surface area contributed by atoms with Crippen LogP contribution in [0.5, 0.6) is 0 Å². The summed E-state index contributed by atoms with van der Waals surface area (Å²) in [6.45, 7) is 7.93. The van der Waals surface area contributed by atoms with E-state index in [0.29, 0.717) is 17.4 Å². The molecule has 0 N–H and O–H groups in total. The van der Waals surface area contributed by atoms with Crippen LogP contribution in [-0.2, 0) is 4.79 Å². The summed E-state index contributed by atoms with van der Waals surface area (Å²) in [5, 5.41) is 0. The lowest BCUT2D eigenvalue weighted by molar-refractivity contribution is -0.151.